The van der Waals surface area contributed by atoms with Crippen LogP contribution in [0.4, 0.5) is 9.59 Å². The number of alkyl carbamates (subject to hydrolysis) is 2. The average molecular weight is 866 g/mol. The van der Waals surface area contributed by atoms with E-state index in [-0.39, 0.29) is 47.8 Å². The smallest absolute Gasteiger partial charge is 0.407 e. The summed E-state index contributed by atoms with van der Waals surface area (Å²) in [6, 6.07) is 21.1. The molecule has 3 aromatic heterocycles. The molecule has 4 N–H and O–H groups in total. The van der Waals surface area contributed by atoms with Crippen molar-refractivity contribution in [1.29, 1.82) is 0 Å². The van der Waals surface area contributed by atoms with Crippen LogP contribution in [0.3, 0.4) is 0 Å². The number of pyridine rings is 1. The number of nitrogens with one attached hydrogen (secondary N) is 4. The molecule has 5 heterocycles. The van der Waals surface area contributed by atoms with Gasteiger partial charge in [-0.25, -0.2) is 24.5 Å². The normalized spacial score (nSPS) is 25.4. The summed E-state index contributed by atoms with van der Waals surface area (Å²) >= 11 is 0. The molecule has 15 nitrogen and oxygen atoms in total. The Labute approximate surface area is 371 Å². The van der Waals surface area contributed by atoms with Gasteiger partial charge >= 0.3 is 12.2 Å². The molecule has 15 heteroatoms. The largest absolute Gasteiger partial charge is 0.453 e. The van der Waals surface area contributed by atoms with E-state index in [2.05, 4.69) is 70.8 Å². The van der Waals surface area contributed by atoms with Crippen LogP contribution in [0, 0.1) is 35.5 Å². The van der Waals surface area contributed by atoms with Gasteiger partial charge in [0.2, 0.25) is 11.8 Å². The van der Waals surface area contributed by atoms with Gasteiger partial charge in [0.25, 0.3) is 0 Å². The highest BCUT2D eigenvalue weighted by Gasteiger charge is 2.62. The Bertz CT molecular complexity index is 2660. The lowest BCUT2D eigenvalue weighted by Crippen LogP contribution is -2.52. The third-order valence-electron chi connectivity index (χ3n) is 14.6. The van der Waals surface area contributed by atoms with Gasteiger partial charge in [0.15, 0.2) is 0 Å². The maximum atomic E-state index is 14.1. The highest BCUT2D eigenvalue weighted by molar-refractivity contribution is 5.91. The summed E-state index contributed by atoms with van der Waals surface area (Å²) in [5, 5.41) is 6.53. The molecule has 3 aromatic carbocycles. The molecule has 2 aliphatic carbocycles. The van der Waals surface area contributed by atoms with Gasteiger partial charge in [0, 0.05) is 23.0 Å². The highest BCUT2D eigenvalue weighted by Crippen LogP contribution is 2.59. The van der Waals surface area contributed by atoms with Gasteiger partial charge < -0.3 is 39.9 Å². The summed E-state index contributed by atoms with van der Waals surface area (Å²) in [6.07, 6.45) is 0.405. The Morgan fingerprint density at radius 1 is 0.609 bits per heavy atom. The number of amides is 4. The van der Waals surface area contributed by atoms with Gasteiger partial charge in [-0.2, -0.15) is 0 Å². The zero-order valence-corrected chi connectivity index (χ0v) is 37.4. The number of ether oxygens (including phenoxy) is 2. The maximum absolute atomic E-state index is 14.1. The minimum absolute atomic E-state index is 0.105. The zero-order chi connectivity index (χ0) is 44.9. The molecule has 0 radical (unpaired) electrons. The van der Waals surface area contributed by atoms with Crippen molar-refractivity contribution in [3.05, 3.63) is 78.4 Å². The first-order valence-electron chi connectivity index (χ1n) is 22.5. The number of imidazole rings is 2. The molecule has 332 valence electrons. The molecular weight excluding hydrogens is 811 g/mol. The van der Waals surface area contributed by atoms with Crippen LogP contribution in [-0.2, 0) is 19.1 Å². The number of carbonyl (C=O) groups excluding carboxylic acids is 4. The van der Waals surface area contributed by atoms with Gasteiger partial charge in [-0.1, -0.05) is 65.8 Å². The van der Waals surface area contributed by atoms with Crippen LogP contribution in [0.5, 0.6) is 0 Å². The van der Waals surface area contributed by atoms with E-state index in [1.165, 1.54) is 14.2 Å². The second-order valence-corrected chi connectivity index (χ2v) is 19.0. The van der Waals surface area contributed by atoms with E-state index in [1.807, 2.05) is 67.8 Å². The van der Waals surface area contributed by atoms with E-state index < -0.39 is 24.3 Å². The third kappa shape index (κ3) is 6.99. The molecule has 10 atom stereocenters. The van der Waals surface area contributed by atoms with E-state index in [9.17, 15) is 19.2 Å². The van der Waals surface area contributed by atoms with E-state index >= 15 is 0 Å². The monoisotopic (exact) mass is 865 g/mol. The Balaban J connectivity index is 0.875. The summed E-state index contributed by atoms with van der Waals surface area (Å²) in [5.41, 5.74) is 8.11. The standard InChI is InChI=1S/C49H55N9O6/c1-22(2)40(55-48(61)63-7)46(59)57-38(20-30-24(5)42(30)57)44-51-34-15-10-27(18-36(34)53-44)26-9-13-32-28(17-26)11-14-33(50-32)29-12-16-35-37(19-29)54-45(52-35)39-21-31-25(6)43(31)58(39)47(60)41(23(3)4)56-49(62)64-8/h9-19,22-25,30-31,38-43H,20-21H2,1-8H3,(H,51,53)(H,52,54)(H,55,61)(H,56,62)/t24-,25-,30?,31?,38+,39+,40+,41+,42?,43?/m1/s1. The van der Waals surface area contributed by atoms with Gasteiger partial charge in [-0.3, -0.25) is 9.59 Å². The number of hydrogen-bond acceptors (Lipinski definition) is 9. The van der Waals surface area contributed by atoms with Crippen LogP contribution >= 0.6 is 0 Å². The van der Waals surface area contributed by atoms with Crippen molar-refractivity contribution in [3.8, 4) is 22.4 Å². The minimum Gasteiger partial charge on any atom is -0.453 e. The molecule has 2 aliphatic heterocycles. The fraction of sp³-hybridized carbons (Fsp3) is 0.449. The summed E-state index contributed by atoms with van der Waals surface area (Å²) in [6.45, 7) is 12.1. The number of carbonyl (C=O) groups is 4. The first kappa shape index (κ1) is 41.5. The lowest BCUT2D eigenvalue weighted by molar-refractivity contribution is -0.137. The van der Waals surface area contributed by atoms with Gasteiger partial charge in [-0.05, 0) is 102 Å². The number of hydrogen-bond donors (Lipinski definition) is 4. The van der Waals surface area contributed by atoms with Crippen LogP contribution in [0.15, 0.2) is 66.7 Å². The number of piperidine rings is 2. The number of nitrogens with zero attached hydrogens (tertiary/aromatic N) is 5. The molecule has 4 amide bonds. The molecule has 0 spiro atoms. The number of aromatic amines is 2. The van der Waals surface area contributed by atoms with Crippen LogP contribution in [0.25, 0.3) is 55.4 Å². The number of likely N-dealkylation sites (tertiary alicyclic amines) is 2. The van der Waals surface area contributed by atoms with Crippen molar-refractivity contribution < 1.29 is 28.7 Å². The topological polar surface area (TPSA) is 188 Å². The lowest BCUT2D eigenvalue weighted by Gasteiger charge is -2.32. The van der Waals surface area contributed by atoms with Crippen molar-refractivity contribution in [2.75, 3.05) is 14.2 Å². The first-order valence-corrected chi connectivity index (χ1v) is 22.5. The van der Waals surface area contributed by atoms with Crippen molar-refractivity contribution in [2.24, 2.45) is 35.5 Å². The summed E-state index contributed by atoms with van der Waals surface area (Å²) in [5.74, 6) is 2.66. The Hall–Kier alpha value is -6.51. The average Bonchev–Trinajstić information content (AvgIpc) is 3.74. The summed E-state index contributed by atoms with van der Waals surface area (Å²) < 4.78 is 9.68. The van der Waals surface area contributed by atoms with E-state index in [1.54, 1.807) is 0 Å². The molecule has 4 aliphatic rings. The molecule has 0 bridgehead atoms. The fourth-order valence-corrected chi connectivity index (χ4v) is 10.8. The van der Waals surface area contributed by atoms with E-state index in [4.69, 9.17) is 24.4 Å². The molecule has 2 saturated heterocycles. The van der Waals surface area contributed by atoms with Gasteiger partial charge in [0.1, 0.15) is 23.7 Å². The predicted molar refractivity (Wildman–Crippen MR) is 242 cm³/mol. The van der Waals surface area contributed by atoms with Gasteiger partial charge in [-0.15, -0.1) is 0 Å². The number of rotatable bonds is 10. The number of aromatic nitrogens is 5. The zero-order valence-electron chi connectivity index (χ0n) is 37.4. The molecule has 10 rings (SSSR count). The molecular formula is C49H55N9O6. The first-order chi connectivity index (χ1) is 30.7. The minimum atomic E-state index is -0.702. The van der Waals surface area contributed by atoms with E-state index in [0.717, 1.165) is 79.8 Å². The summed E-state index contributed by atoms with van der Waals surface area (Å²) in [4.78, 5) is 78.5. The second-order valence-electron chi connectivity index (χ2n) is 19.0. The van der Waals surface area contributed by atoms with Crippen molar-refractivity contribution >= 4 is 57.0 Å². The summed E-state index contributed by atoms with van der Waals surface area (Å²) in [7, 11) is 2.61. The number of methoxy groups -OCH3 is 2. The predicted octanol–water partition coefficient (Wildman–Crippen LogP) is 7.90. The van der Waals surface area contributed by atoms with Crippen LogP contribution in [0.1, 0.15) is 78.1 Å². The van der Waals surface area contributed by atoms with Crippen molar-refractivity contribution in [3.63, 3.8) is 0 Å². The molecule has 2 saturated carbocycles. The fourth-order valence-electron chi connectivity index (χ4n) is 10.8. The third-order valence-corrected chi connectivity index (χ3v) is 14.6. The van der Waals surface area contributed by atoms with Crippen LogP contribution < -0.4 is 10.6 Å². The number of H-pyrrole nitrogens is 2. The number of benzene rings is 3. The Kier molecular flexibility index (Phi) is 10.1. The highest BCUT2D eigenvalue weighted by atomic mass is 16.5. The van der Waals surface area contributed by atoms with Gasteiger partial charge in [0.05, 0.1) is 59.6 Å². The Morgan fingerprint density at radius 2 is 1.06 bits per heavy atom. The second kappa shape index (κ2) is 15.6. The van der Waals surface area contributed by atoms with Crippen molar-refractivity contribution in [1.82, 2.24) is 45.4 Å². The van der Waals surface area contributed by atoms with Crippen LogP contribution in [0.2, 0.25) is 0 Å². The van der Waals surface area contributed by atoms with Crippen LogP contribution in [-0.4, -0.2) is 97.1 Å². The lowest BCUT2D eigenvalue weighted by atomic mass is 10.0. The quantitative estimate of drug-likeness (QED) is 0.106. The Morgan fingerprint density at radius 3 is 1.55 bits per heavy atom. The van der Waals surface area contributed by atoms with E-state index in [0.29, 0.717) is 23.7 Å². The number of fused-ring (bicyclic) bond motifs is 5. The molecule has 4 fully saturated rings. The van der Waals surface area contributed by atoms with Crippen molar-refractivity contribution in [2.45, 2.75) is 90.6 Å². The molecule has 6 aromatic rings. The molecule has 64 heavy (non-hydrogen) atoms. The maximum Gasteiger partial charge on any atom is 0.407 e. The SMILES string of the molecule is COC(=O)N[C@H](C(=O)N1C2C(C[C@H]1c1nc3ccc(-c4ccc5nc(-c6ccc7nc([C@@H]8CC9C([C@@H]9C)N8C(=O)[C@@H](NC(=O)OC)C(C)C)[nH]c7c6)ccc5c4)cc3[nH]1)[C@H]2C)C(C)C. The molecule has 4 unspecified atom stereocenters.